The summed E-state index contributed by atoms with van der Waals surface area (Å²) in [4.78, 5) is 6.64. The van der Waals surface area contributed by atoms with E-state index in [2.05, 4.69) is 29.8 Å². The van der Waals surface area contributed by atoms with Crippen molar-refractivity contribution >= 4 is 5.69 Å². The van der Waals surface area contributed by atoms with Crippen molar-refractivity contribution in [3.8, 4) is 0 Å². The predicted molar refractivity (Wildman–Crippen MR) is 75.7 cm³/mol. The average molecular weight is 251 g/mol. The van der Waals surface area contributed by atoms with E-state index in [-0.39, 0.29) is 0 Å². The van der Waals surface area contributed by atoms with E-state index in [9.17, 15) is 0 Å². The summed E-state index contributed by atoms with van der Waals surface area (Å²) in [7, 11) is 1.74. The molecule has 102 valence electrons. The van der Waals surface area contributed by atoms with Crippen LogP contribution in [0.4, 0.5) is 5.69 Å². The van der Waals surface area contributed by atoms with Crippen LogP contribution in [0, 0.1) is 0 Å². The van der Waals surface area contributed by atoms with Crippen LogP contribution < -0.4 is 10.6 Å². The van der Waals surface area contributed by atoms with Gasteiger partial charge in [-0.05, 0) is 25.0 Å². The van der Waals surface area contributed by atoms with Crippen molar-refractivity contribution in [2.24, 2.45) is 5.73 Å². The zero-order chi connectivity index (χ0) is 13.4. The van der Waals surface area contributed by atoms with Gasteiger partial charge < -0.3 is 15.4 Å². The van der Waals surface area contributed by atoms with E-state index in [1.165, 1.54) is 5.69 Å². The molecule has 0 aliphatic rings. The lowest BCUT2D eigenvalue weighted by molar-refractivity contribution is 0.202. The minimum atomic E-state index is 0.481. The van der Waals surface area contributed by atoms with Gasteiger partial charge in [0.05, 0.1) is 12.3 Å². The maximum Gasteiger partial charge on any atom is 0.0637 e. The summed E-state index contributed by atoms with van der Waals surface area (Å²) in [5, 5.41) is 0. The summed E-state index contributed by atoms with van der Waals surface area (Å²) in [5.41, 5.74) is 7.78. The van der Waals surface area contributed by atoms with Crippen molar-refractivity contribution < 1.29 is 4.74 Å². The zero-order valence-corrected chi connectivity index (χ0v) is 11.7. The molecule has 0 amide bonds. The van der Waals surface area contributed by atoms with E-state index in [1.54, 1.807) is 7.11 Å². The number of nitrogens with two attached hydrogens (primary N) is 1. The highest BCUT2D eigenvalue weighted by Crippen LogP contribution is 2.20. The van der Waals surface area contributed by atoms with Crippen LogP contribution in [-0.4, -0.2) is 31.3 Å². The second kappa shape index (κ2) is 8.06. The lowest BCUT2D eigenvalue weighted by Gasteiger charge is -2.32. The second-order valence-corrected chi connectivity index (χ2v) is 4.37. The van der Waals surface area contributed by atoms with Gasteiger partial charge in [0.15, 0.2) is 0 Å². The summed E-state index contributed by atoms with van der Waals surface area (Å²) < 4.78 is 5.21. The first-order valence-electron chi connectivity index (χ1n) is 6.67. The molecule has 1 rings (SSSR count). The molecule has 0 spiro atoms. The van der Waals surface area contributed by atoms with Crippen LogP contribution in [-0.2, 0) is 11.3 Å². The molecule has 4 nitrogen and oxygen atoms in total. The number of rotatable bonds is 8. The highest BCUT2D eigenvalue weighted by molar-refractivity contribution is 5.47. The third-order valence-electron chi connectivity index (χ3n) is 3.26. The Morgan fingerprint density at radius 2 is 2.11 bits per heavy atom. The van der Waals surface area contributed by atoms with Crippen LogP contribution in [0.5, 0.6) is 0 Å². The highest BCUT2D eigenvalue weighted by Gasteiger charge is 2.15. The van der Waals surface area contributed by atoms with Gasteiger partial charge in [0.1, 0.15) is 0 Å². The molecule has 0 atom stereocenters. The minimum absolute atomic E-state index is 0.481. The molecule has 18 heavy (non-hydrogen) atoms. The third-order valence-corrected chi connectivity index (χ3v) is 3.26. The largest absolute Gasteiger partial charge is 0.383 e. The maximum absolute atomic E-state index is 5.65. The standard InChI is InChI=1S/C14H25N3O/c1-4-13(5-2)17(8-9-18-3)14-6-7-16-12(10-14)11-15/h6-7,10,13H,4-5,8-9,11,15H2,1-3H3. The Kier molecular flexibility index (Phi) is 6.68. The van der Waals surface area contributed by atoms with E-state index >= 15 is 0 Å². The van der Waals surface area contributed by atoms with Crippen molar-refractivity contribution in [1.29, 1.82) is 0 Å². The molecule has 0 bridgehead atoms. The Balaban J connectivity index is 2.92. The summed E-state index contributed by atoms with van der Waals surface area (Å²) in [5.74, 6) is 0. The predicted octanol–water partition coefficient (Wildman–Crippen LogP) is 2.18. The number of methoxy groups -OCH3 is 1. The number of hydrogen-bond acceptors (Lipinski definition) is 4. The number of aromatic nitrogens is 1. The van der Waals surface area contributed by atoms with Gasteiger partial charge in [0, 0.05) is 38.1 Å². The van der Waals surface area contributed by atoms with Crippen molar-refractivity contribution in [2.45, 2.75) is 39.3 Å². The van der Waals surface area contributed by atoms with Gasteiger partial charge in [-0.2, -0.15) is 0 Å². The molecule has 1 heterocycles. The molecule has 2 N–H and O–H groups in total. The van der Waals surface area contributed by atoms with Crippen molar-refractivity contribution in [1.82, 2.24) is 4.98 Å². The first-order chi connectivity index (χ1) is 8.76. The second-order valence-electron chi connectivity index (χ2n) is 4.37. The summed E-state index contributed by atoms with van der Waals surface area (Å²) in [6, 6.07) is 4.66. The Bertz CT molecular complexity index is 340. The van der Waals surface area contributed by atoms with Crippen LogP contribution in [0.15, 0.2) is 18.3 Å². The quantitative estimate of drug-likeness (QED) is 0.769. The topological polar surface area (TPSA) is 51.4 Å². The summed E-state index contributed by atoms with van der Waals surface area (Å²) in [6.45, 7) is 6.56. The maximum atomic E-state index is 5.65. The smallest absolute Gasteiger partial charge is 0.0637 e. The monoisotopic (exact) mass is 251 g/mol. The van der Waals surface area contributed by atoms with Gasteiger partial charge in [-0.1, -0.05) is 13.8 Å². The van der Waals surface area contributed by atoms with Gasteiger partial charge in [-0.25, -0.2) is 0 Å². The van der Waals surface area contributed by atoms with Crippen LogP contribution in [0.1, 0.15) is 32.4 Å². The number of pyridine rings is 1. The van der Waals surface area contributed by atoms with E-state index in [4.69, 9.17) is 10.5 Å². The Morgan fingerprint density at radius 3 is 2.67 bits per heavy atom. The van der Waals surface area contributed by atoms with E-state index < -0.39 is 0 Å². The lowest BCUT2D eigenvalue weighted by Crippen LogP contribution is -2.37. The molecule has 0 fully saturated rings. The van der Waals surface area contributed by atoms with Gasteiger partial charge in [0.25, 0.3) is 0 Å². The minimum Gasteiger partial charge on any atom is -0.383 e. The van der Waals surface area contributed by atoms with Crippen LogP contribution >= 0.6 is 0 Å². The molecular weight excluding hydrogens is 226 g/mol. The van der Waals surface area contributed by atoms with Gasteiger partial charge in [0.2, 0.25) is 0 Å². The van der Waals surface area contributed by atoms with Crippen molar-refractivity contribution in [3.63, 3.8) is 0 Å². The van der Waals surface area contributed by atoms with Gasteiger partial charge in [-0.15, -0.1) is 0 Å². The fourth-order valence-corrected chi connectivity index (χ4v) is 2.20. The zero-order valence-electron chi connectivity index (χ0n) is 11.7. The first kappa shape index (κ1) is 14.9. The van der Waals surface area contributed by atoms with Crippen LogP contribution in [0.3, 0.4) is 0 Å². The summed E-state index contributed by atoms with van der Waals surface area (Å²) >= 11 is 0. The van der Waals surface area contributed by atoms with Gasteiger partial charge >= 0.3 is 0 Å². The van der Waals surface area contributed by atoms with Crippen molar-refractivity contribution in [2.75, 3.05) is 25.2 Å². The third kappa shape index (κ3) is 3.96. The highest BCUT2D eigenvalue weighted by atomic mass is 16.5. The van der Waals surface area contributed by atoms with Crippen LogP contribution in [0.2, 0.25) is 0 Å². The SMILES string of the molecule is CCC(CC)N(CCOC)c1ccnc(CN)c1. The fraction of sp³-hybridized carbons (Fsp3) is 0.643. The fourth-order valence-electron chi connectivity index (χ4n) is 2.20. The van der Waals surface area contributed by atoms with Gasteiger partial charge in [-0.3, -0.25) is 4.98 Å². The molecular formula is C14H25N3O. The van der Waals surface area contributed by atoms with Crippen molar-refractivity contribution in [3.05, 3.63) is 24.0 Å². The molecule has 0 radical (unpaired) electrons. The number of hydrogen-bond donors (Lipinski definition) is 1. The van der Waals surface area contributed by atoms with E-state index in [0.717, 1.165) is 31.7 Å². The average Bonchev–Trinajstić information content (AvgIpc) is 2.43. The number of anilines is 1. The van der Waals surface area contributed by atoms with Crippen LogP contribution in [0.25, 0.3) is 0 Å². The molecule has 0 aromatic carbocycles. The lowest BCUT2D eigenvalue weighted by atomic mass is 10.1. The molecule has 1 aromatic heterocycles. The number of nitrogens with zero attached hydrogens (tertiary/aromatic N) is 2. The Morgan fingerprint density at radius 1 is 1.39 bits per heavy atom. The molecule has 4 heteroatoms. The number of ether oxygens (including phenoxy) is 1. The molecule has 0 unspecified atom stereocenters. The molecule has 0 saturated carbocycles. The summed E-state index contributed by atoms with van der Waals surface area (Å²) in [6.07, 6.45) is 4.08. The Labute approximate surface area is 110 Å². The first-order valence-corrected chi connectivity index (χ1v) is 6.67. The molecule has 0 aliphatic carbocycles. The van der Waals surface area contributed by atoms with E-state index in [0.29, 0.717) is 12.6 Å². The molecule has 0 aliphatic heterocycles. The van der Waals surface area contributed by atoms with E-state index in [1.807, 2.05) is 12.3 Å². The normalized spacial score (nSPS) is 10.9. The Hall–Kier alpha value is -1.13. The molecule has 1 aromatic rings. The molecule has 0 saturated heterocycles.